The van der Waals surface area contributed by atoms with E-state index in [1.54, 1.807) is 7.11 Å². The number of ether oxygens (including phenoxy) is 1. The van der Waals surface area contributed by atoms with Gasteiger partial charge in [-0.1, -0.05) is 42.5 Å². The topological polar surface area (TPSA) is 44.7 Å². The fourth-order valence-electron chi connectivity index (χ4n) is 3.30. The second-order valence-electron chi connectivity index (χ2n) is 6.35. The van der Waals surface area contributed by atoms with Gasteiger partial charge in [0.25, 0.3) is 0 Å². The van der Waals surface area contributed by atoms with Gasteiger partial charge in [0.05, 0.1) is 13.2 Å². The number of rotatable bonds is 7. The number of benzene rings is 2. The van der Waals surface area contributed by atoms with E-state index in [0.29, 0.717) is 19.6 Å². The van der Waals surface area contributed by atoms with E-state index in [1.807, 2.05) is 24.3 Å². The van der Waals surface area contributed by atoms with Crippen LogP contribution < -0.4 is 10.1 Å². The molecule has 0 bridgehead atoms. The fourth-order valence-corrected chi connectivity index (χ4v) is 3.30. The first-order valence-corrected chi connectivity index (χ1v) is 8.56. The van der Waals surface area contributed by atoms with Crippen molar-refractivity contribution in [3.63, 3.8) is 0 Å². The Morgan fingerprint density at radius 2 is 1.88 bits per heavy atom. The molecular weight excluding hydrogens is 300 g/mol. The molecule has 0 fully saturated rings. The highest BCUT2D eigenvalue weighted by Crippen LogP contribution is 2.19. The van der Waals surface area contributed by atoms with Crippen molar-refractivity contribution in [3.05, 3.63) is 65.2 Å². The number of fused-ring (bicyclic) bond motifs is 1. The Hall–Kier alpha value is -1.88. The van der Waals surface area contributed by atoms with E-state index in [0.717, 1.165) is 30.8 Å². The normalized spacial score (nSPS) is 15.8. The molecular formula is C20H26N2O2. The summed E-state index contributed by atoms with van der Waals surface area (Å²) in [7, 11) is 1.68. The molecule has 1 aliphatic rings. The Morgan fingerprint density at radius 1 is 1.12 bits per heavy atom. The summed E-state index contributed by atoms with van der Waals surface area (Å²) in [6.45, 7) is 3.92. The maximum absolute atomic E-state index is 10.3. The Kier molecular flexibility index (Phi) is 5.86. The maximum atomic E-state index is 10.3. The quantitative estimate of drug-likeness (QED) is 0.819. The second-order valence-corrected chi connectivity index (χ2v) is 6.35. The number of nitrogens with one attached hydrogen (secondary N) is 1. The molecule has 4 heteroatoms. The third-order valence-electron chi connectivity index (χ3n) is 4.57. The average Bonchev–Trinajstić information content (AvgIpc) is 2.62. The van der Waals surface area contributed by atoms with Crippen LogP contribution in [0.3, 0.4) is 0 Å². The Balaban J connectivity index is 1.44. The standard InChI is InChI=1S/C20H26N2O2/c1-24-20-9-5-4-7-17(20)12-21-13-19(23)15-22-11-10-16-6-2-3-8-18(16)14-22/h2-9,19,21,23H,10-15H2,1H3. The predicted octanol–water partition coefficient (Wildman–Crippen LogP) is 2.20. The summed E-state index contributed by atoms with van der Waals surface area (Å²) in [6, 6.07) is 16.6. The second kappa shape index (κ2) is 8.29. The molecule has 0 radical (unpaired) electrons. The zero-order chi connectivity index (χ0) is 16.8. The van der Waals surface area contributed by atoms with Gasteiger partial charge in [0, 0.05) is 38.3 Å². The lowest BCUT2D eigenvalue weighted by atomic mass is 10.00. The van der Waals surface area contributed by atoms with Crippen LogP contribution in [0.15, 0.2) is 48.5 Å². The average molecular weight is 326 g/mol. The van der Waals surface area contributed by atoms with Crippen LogP contribution in [0.5, 0.6) is 5.75 Å². The van der Waals surface area contributed by atoms with Crippen LogP contribution in [0.4, 0.5) is 0 Å². The van der Waals surface area contributed by atoms with Gasteiger partial charge in [-0.15, -0.1) is 0 Å². The van der Waals surface area contributed by atoms with E-state index in [1.165, 1.54) is 11.1 Å². The predicted molar refractivity (Wildman–Crippen MR) is 96.1 cm³/mol. The van der Waals surface area contributed by atoms with E-state index in [2.05, 4.69) is 34.5 Å². The summed E-state index contributed by atoms with van der Waals surface area (Å²) in [4.78, 5) is 2.33. The van der Waals surface area contributed by atoms with Crippen molar-refractivity contribution in [2.45, 2.75) is 25.6 Å². The summed E-state index contributed by atoms with van der Waals surface area (Å²) in [5, 5.41) is 13.6. The number of hydrogen-bond donors (Lipinski definition) is 2. The smallest absolute Gasteiger partial charge is 0.123 e. The maximum Gasteiger partial charge on any atom is 0.123 e. The number of para-hydroxylation sites is 1. The lowest BCUT2D eigenvalue weighted by Gasteiger charge is -2.30. The molecule has 3 rings (SSSR count). The van der Waals surface area contributed by atoms with Crippen molar-refractivity contribution in [2.24, 2.45) is 0 Å². The molecule has 2 N–H and O–H groups in total. The van der Waals surface area contributed by atoms with Crippen LogP contribution in [0, 0.1) is 0 Å². The van der Waals surface area contributed by atoms with Crippen LogP contribution in [0.25, 0.3) is 0 Å². The molecule has 2 aromatic carbocycles. The number of hydrogen-bond acceptors (Lipinski definition) is 4. The fraction of sp³-hybridized carbons (Fsp3) is 0.400. The van der Waals surface area contributed by atoms with Gasteiger partial charge in [-0.25, -0.2) is 0 Å². The third kappa shape index (κ3) is 4.35. The monoisotopic (exact) mass is 326 g/mol. The van der Waals surface area contributed by atoms with Gasteiger partial charge in [0.15, 0.2) is 0 Å². The molecule has 1 heterocycles. The molecule has 1 atom stereocenters. The first kappa shape index (κ1) is 17.0. The van der Waals surface area contributed by atoms with Gasteiger partial charge in [0.1, 0.15) is 5.75 Å². The highest BCUT2D eigenvalue weighted by Gasteiger charge is 2.18. The summed E-state index contributed by atoms with van der Waals surface area (Å²) < 4.78 is 5.35. The minimum atomic E-state index is -0.370. The van der Waals surface area contributed by atoms with Crippen molar-refractivity contribution >= 4 is 0 Å². The minimum absolute atomic E-state index is 0.370. The van der Waals surface area contributed by atoms with E-state index >= 15 is 0 Å². The van der Waals surface area contributed by atoms with E-state index in [9.17, 15) is 5.11 Å². The number of aliphatic hydroxyl groups excluding tert-OH is 1. The van der Waals surface area contributed by atoms with Crippen molar-refractivity contribution in [3.8, 4) is 5.75 Å². The van der Waals surface area contributed by atoms with Gasteiger partial charge in [0.2, 0.25) is 0 Å². The van der Waals surface area contributed by atoms with Crippen LogP contribution in [0.2, 0.25) is 0 Å². The third-order valence-corrected chi connectivity index (χ3v) is 4.57. The molecule has 24 heavy (non-hydrogen) atoms. The number of methoxy groups -OCH3 is 1. The zero-order valence-electron chi connectivity index (χ0n) is 14.2. The molecule has 0 amide bonds. The molecule has 0 aliphatic carbocycles. The van der Waals surface area contributed by atoms with Gasteiger partial charge >= 0.3 is 0 Å². The molecule has 0 aromatic heterocycles. The largest absolute Gasteiger partial charge is 0.496 e. The summed E-state index contributed by atoms with van der Waals surface area (Å²) in [5.74, 6) is 0.882. The Bertz CT molecular complexity index is 660. The van der Waals surface area contributed by atoms with Crippen LogP contribution in [-0.2, 0) is 19.5 Å². The molecule has 0 spiro atoms. The number of β-amino-alcohol motifs (C(OH)–C–C–N with tert-alkyl or cyclic N) is 1. The molecule has 0 saturated heterocycles. The number of nitrogens with zero attached hydrogens (tertiary/aromatic N) is 1. The zero-order valence-corrected chi connectivity index (χ0v) is 14.2. The lowest BCUT2D eigenvalue weighted by Crippen LogP contribution is -2.40. The van der Waals surface area contributed by atoms with Crippen molar-refractivity contribution in [1.82, 2.24) is 10.2 Å². The van der Waals surface area contributed by atoms with Crippen LogP contribution in [0.1, 0.15) is 16.7 Å². The highest BCUT2D eigenvalue weighted by atomic mass is 16.5. The molecule has 1 unspecified atom stereocenters. The van der Waals surface area contributed by atoms with Crippen molar-refractivity contribution in [1.29, 1.82) is 0 Å². The minimum Gasteiger partial charge on any atom is -0.496 e. The van der Waals surface area contributed by atoms with E-state index in [4.69, 9.17) is 4.74 Å². The SMILES string of the molecule is COc1ccccc1CNCC(O)CN1CCc2ccccc2C1. The summed E-state index contributed by atoms with van der Waals surface area (Å²) >= 11 is 0. The Labute approximate surface area is 144 Å². The summed E-state index contributed by atoms with van der Waals surface area (Å²) in [6.07, 6.45) is 0.697. The molecule has 4 nitrogen and oxygen atoms in total. The van der Waals surface area contributed by atoms with Gasteiger partial charge in [-0.2, -0.15) is 0 Å². The molecule has 128 valence electrons. The van der Waals surface area contributed by atoms with Gasteiger partial charge in [-0.05, 0) is 23.6 Å². The number of aliphatic hydroxyl groups is 1. The van der Waals surface area contributed by atoms with Gasteiger partial charge in [-0.3, -0.25) is 4.90 Å². The Morgan fingerprint density at radius 3 is 2.71 bits per heavy atom. The van der Waals surface area contributed by atoms with Crippen molar-refractivity contribution in [2.75, 3.05) is 26.7 Å². The summed E-state index contributed by atoms with van der Waals surface area (Å²) in [5.41, 5.74) is 3.94. The first-order valence-electron chi connectivity index (χ1n) is 8.56. The highest BCUT2D eigenvalue weighted by molar-refractivity contribution is 5.33. The first-order chi connectivity index (χ1) is 11.8. The lowest BCUT2D eigenvalue weighted by molar-refractivity contribution is 0.104. The molecule has 2 aromatic rings. The van der Waals surface area contributed by atoms with Gasteiger partial charge < -0.3 is 15.2 Å². The van der Waals surface area contributed by atoms with E-state index in [-0.39, 0.29) is 6.10 Å². The van der Waals surface area contributed by atoms with Crippen molar-refractivity contribution < 1.29 is 9.84 Å². The molecule has 1 aliphatic heterocycles. The van der Waals surface area contributed by atoms with E-state index < -0.39 is 0 Å². The molecule has 0 saturated carbocycles. The van der Waals surface area contributed by atoms with Crippen LogP contribution >= 0.6 is 0 Å². The van der Waals surface area contributed by atoms with Crippen LogP contribution in [-0.4, -0.2) is 42.9 Å².